The van der Waals surface area contributed by atoms with Crippen LogP contribution in [0.25, 0.3) is 0 Å². The van der Waals surface area contributed by atoms with Gasteiger partial charge in [-0.25, -0.2) is 0 Å². The molecule has 2 aliphatic rings. The molecular formula is C24H21BrN2O3. The second-order valence-corrected chi connectivity index (χ2v) is 8.78. The summed E-state index contributed by atoms with van der Waals surface area (Å²) in [4.78, 5) is 13.4. The minimum absolute atomic E-state index is 0.0551. The minimum atomic E-state index is -0.896. The van der Waals surface area contributed by atoms with E-state index in [9.17, 15) is 9.90 Å². The third-order valence-electron chi connectivity index (χ3n) is 6.38. The van der Waals surface area contributed by atoms with Crippen molar-refractivity contribution in [1.82, 2.24) is 0 Å². The Bertz CT molecular complexity index is 1180. The summed E-state index contributed by atoms with van der Waals surface area (Å²) in [6, 6.07) is 19.3. The monoisotopic (exact) mass is 464 g/mol. The van der Waals surface area contributed by atoms with Crippen molar-refractivity contribution in [3.8, 4) is 11.5 Å². The lowest BCUT2D eigenvalue weighted by molar-refractivity contribution is -0.121. The van der Waals surface area contributed by atoms with Crippen molar-refractivity contribution >= 4 is 33.2 Å². The number of anilines is 2. The highest BCUT2D eigenvalue weighted by Gasteiger charge is 2.56. The molecule has 5 nitrogen and oxygen atoms in total. The van der Waals surface area contributed by atoms with E-state index in [1.54, 1.807) is 6.07 Å². The molecule has 5 rings (SSSR count). The van der Waals surface area contributed by atoms with Gasteiger partial charge in [-0.1, -0.05) is 47.1 Å². The van der Waals surface area contributed by atoms with Crippen LogP contribution in [0.4, 0.5) is 11.4 Å². The molecule has 0 bridgehead atoms. The van der Waals surface area contributed by atoms with Gasteiger partial charge in [0.2, 0.25) is 0 Å². The van der Waals surface area contributed by atoms with Gasteiger partial charge in [0, 0.05) is 33.2 Å². The van der Waals surface area contributed by atoms with Gasteiger partial charge in [-0.05, 0) is 47.5 Å². The number of carbonyl (C=O) groups is 1. The fraction of sp³-hybridized carbons (Fsp3) is 0.208. The molecule has 3 atom stereocenters. The Balaban J connectivity index is 1.76. The number of methoxy groups -OCH3 is 1. The summed E-state index contributed by atoms with van der Waals surface area (Å²) in [5.74, 6) is 0.249. The quantitative estimate of drug-likeness (QED) is 0.487. The van der Waals surface area contributed by atoms with Crippen LogP contribution in [0, 0.1) is 5.92 Å². The zero-order chi connectivity index (χ0) is 21.0. The molecule has 1 amide bonds. The van der Waals surface area contributed by atoms with E-state index in [1.807, 2.05) is 48.5 Å². The van der Waals surface area contributed by atoms with Crippen molar-refractivity contribution in [3.63, 3.8) is 0 Å². The Labute approximate surface area is 183 Å². The Morgan fingerprint density at radius 3 is 2.67 bits per heavy atom. The first-order valence-electron chi connectivity index (χ1n) is 9.81. The van der Waals surface area contributed by atoms with E-state index in [4.69, 9.17) is 4.74 Å². The average Bonchev–Trinajstić information content (AvgIpc) is 3.02. The standard InChI is InChI=1S/C24H21BrN2O3/c1-13-22(14-7-10-20(28)21(11-14)30-2)16-12-15(25)8-9-18(16)27-24(13)17-5-3-4-6-19(17)26-23(24)29/h3-13,22,27-28H,1-2H3,(H,26,29)/t13-,22+,24-/m0/s1. The van der Waals surface area contributed by atoms with Gasteiger partial charge in [-0.3, -0.25) is 4.79 Å². The van der Waals surface area contributed by atoms with Gasteiger partial charge in [-0.2, -0.15) is 0 Å². The SMILES string of the molecule is COc1cc([C@@H]2c3cc(Br)ccc3N[C@@]3(C(=O)Nc4ccccc43)[C@H]2C)ccc1O. The summed E-state index contributed by atoms with van der Waals surface area (Å²) >= 11 is 3.59. The summed E-state index contributed by atoms with van der Waals surface area (Å²) in [5.41, 5.74) is 3.88. The van der Waals surface area contributed by atoms with Crippen molar-refractivity contribution in [2.45, 2.75) is 18.4 Å². The molecule has 0 unspecified atom stereocenters. The number of benzene rings is 3. The number of phenols is 1. The van der Waals surface area contributed by atoms with E-state index in [0.717, 1.165) is 32.5 Å². The predicted molar refractivity (Wildman–Crippen MR) is 120 cm³/mol. The van der Waals surface area contributed by atoms with Gasteiger partial charge >= 0.3 is 0 Å². The van der Waals surface area contributed by atoms with Crippen LogP contribution in [0.15, 0.2) is 65.1 Å². The Morgan fingerprint density at radius 2 is 1.87 bits per heavy atom. The van der Waals surface area contributed by atoms with Gasteiger partial charge in [0.1, 0.15) is 5.54 Å². The maximum Gasteiger partial charge on any atom is 0.255 e. The molecule has 0 saturated heterocycles. The number of carbonyl (C=O) groups excluding carboxylic acids is 1. The molecule has 0 fully saturated rings. The molecule has 0 aliphatic carbocycles. The largest absolute Gasteiger partial charge is 0.504 e. The predicted octanol–water partition coefficient (Wildman–Crippen LogP) is 5.20. The average molecular weight is 465 g/mol. The van der Waals surface area contributed by atoms with E-state index in [0.29, 0.717) is 5.75 Å². The molecule has 3 N–H and O–H groups in total. The van der Waals surface area contributed by atoms with Crippen LogP contribution in [0.5, 0.6) is 11.5 Å². The van der Waals surface area contributed by atoms with Gasteiger partial charge in [0.25, 0.3) is 5.91 Å². The fourth-order valence-electron chi connectivity index (χ4n) is 4.96. The fourth-order valence-corrected chi connectivity index (χ4v) is 5.34. The van der Waals surface area contributed by atoms with Crippen molar-refractivity contribution in [2.24, 2.45) is 5.92 Å². The van der Waals surface area contributed by atoms with Gasteiger partial charge in [0.05, 0.1) is 7.11 Å². The molecule has 1 spiro atoms. The van der Waals surface area contributed by atoms with E-state index in [2.05, 4.69) is 39.6 Å². The summed E-state index contributed by atoms with van der Waals surface area (Å²) in [5, 5.41) is 16.7. The third-order valence-corrected chi connectivity index (χ3v) is 6.88. The second kappa shape index (κ2) is 6.77. The van der Waals surface area contributed by atoms with Gasteiger partial charge < -0.3 is 20.5 Å². The number of fused-ring (bicyclic) bond motifs is 3. The normalized spacial score (nSPS) is 24.0. The molecule has 30 heavy (non-hydrogen) atoms. The number of hydrogen-bond acceptors (Lipinski definition) is 4. The van der Waals surface area contributed by atoms with Crippen molar-refractivity contribution in [2.75, 3.05) is 17.7 Å². The first-order chi connectivity index (χ1) is 14.5. The topological polar surface area (TPSA) is 70.6 Å². The Hall–Kier alpha value is -2.99. The summed E-state index contributed by atoms with van der Waals surface area (Å²) in [6.45, 7) is 2.10. The number of para-hydroxylation sites is 1. The molecule has 3 aromatic carbocycles. The first-order valence-corrected chi connectivity index (χ1v) is 10.6. The lowest BCUT2D eigenvalue weighted by Gasteiger charge is -2.45. The Morgan fingerprint density at radius 1 is 1.07 bits per heavy atom. The van der Waals surface area contributed by atoms with Crippen LogP contribution in [-0.2, 0) is 10.3 Å². The minimum Gasteiger partial charge on any atom is -0.504 e. The van der Waals surface area contributed by atoms with E-state index in [1.165, 1.54) is 7.11 Å². The van der Waals surface area contributed by atoms with Crippen LogP contribution >= 0.6 is 15.9 Å². The van der Waals surface area contributed by atoms with Crippen LogP contribution in [0.1, 0.15) is 29.5 Å². The number of ether oxygens (including phenoxy) is 1. The molecule has 2 heterocycles. The Kier molecular flexibility index (Phi) is 4.29. The number of hydrogen-bond donors (Lipinski definition) is 3. The number of amides is 1. The number of phenolic OH excluding ortho intramolecular Hbond substituents is 1. The maximum absolute atomic E-state index is 13.4. The van der Waals surface area contributed by atoms with E-state index < -0.39 is 5.54 Å². The van der Waals surface area contributed by atoms with Gasteiger partial charge in [0.15, 0.2) is 11.5 Å². The third kappa shape index (κ3) is 2.56. The molecule has 0 radical (unpaired) electrons. The number of nitrogens with one attached hydrogen (secondary N) is 2. The first kappa shape index (κ1) is 19.0. The van der Waals surface area contributed by atoms with E-state index in [-0.39, 0.29) is 23.5 Å². The van der Waals surface area contributed by atoms with Crippen molar-refractivity contribution < 1.29 is 14.6 Å². The molecule has 6 heteroatoms. The van der Waals surface area contributed by atoms with Crippen LogP contribution in [0.2, 0.25) is 0 Å². The second-order valence-electron chi connectivity index (χ2n) is 7.86. The highest BCUT2D eigenvalue weighted by atomic mass is 79.9. The maximum atomic E-state index is 13.4. The van der Waals surface area contributed by atoms with Crippen LogP contribution in [-0.4, -0.2) is 18.1 Å². The molecule has 152 valence electrons. The number of halogens is 1. The molecule has 2 aliphatic heterocycles. The van der Waals surface area contributed by atoms with Gasteiger partial charge in [-0.15, -0.1) is 0 Å². The van der Waals surface area contributed by atoms with Crippen LogP contribution in [0.3, 0.4) is 0 Å². The van der Waals surface area contributed by atoms with Crippen molar-refractivity contribution in [1.29, 1.82) is 0 Å². The zero-order valence-electron chi connectivity index (χ0n) is 16.6. The molecular weight excluding hydrogens is 444 g/mol. The number of aromatic hydroxyl groups is 1. The summed E-state index contributed by atoms with van der Waals surface area (Å²) < 4.78 is 6.33. The summed E-state index contributed by atoms with van der Waals surface area (Å²) in [6.07, 6.45) is 0. The van der Waals surface area contributed by atoms with Crippen molar-refractivity contribution in [3.05, 3.63) is 81.8 Å². The zero-order valence-corrected chi connectivity index (χ0v) is 18.2. The lowest BCUT2D eigenvalue weighted by Crippen LogP contribution is -2.52. The highest BCUT2D eigenvalue weighted by molar-refractivity contribution is 9.10. The lowest BCUT2D eigenvalue weighted by atomic mass is 9.65. The molecule has 3 aromatic rings. The smallest absolute Gasteiger partial charge is 0.255 e. The van der Waals surface area contributed by atoms with E-state index >= 15 is 0 Å². The highest BCUT2D eigenvalue weighted by Crippen LogP contribution is 2.55. The van der Waals surface area contributed by atoms with Crippen LogP contribution < -0.4 is 15.4 Å². The molecule has 0 aromatic heterocycles. The number of rotatable bonds is 2. The summed E-state index contributed by atoms with van der Waals surface area (Å²) in [7, 11) is 1.54. The molecule has 0 saturated carbocycles.